The molecule has 37 heavy (non-hydrogen) atoms. The third-order valence-corrected chi connectivity index (χ3v) is 6.15. The fraction of sp³-hybridized carbons (Fsp3) is 0.214. The molecule has 3 aromatic carbocycles. The molecule has 9 nitrogen and oxygen atoms in total. The number of aromatic amines is 2. The summed E-state index contributed by atoms with van der Waals surface area (Å²) in [4.78, 5) is 6.07. The maximum Gasteiger partial charge on any atom is 0.168 e. The molecule has 5 rings (SSSR count). The minimum absolute atomic E-state index is 0. The summed E-state index contributed by atoms with van der Waals surface area (Å²) in [7, 11) is 0. The zero-order chi connectivity index (χ0) is 25.4. The van der Waals surface area contributed by atoms with Crippen molar-refractivity contribution in [2.24, 2.45) is 5.73 Å². The number of H-pyrrole nitrogens is 2. The minimum Gasteiger partial charge on any atom is -0.504 e. The van der Waals surface area contributed by atoms with Crippen LogP contribution in [0.5, 0.6) is 34.5 Å². The Morgan fingerprint density at radius 3 is 1.84 bits per heavy atom. The molecule has 0 aliphatic carbocycles. The van der Waals surface area contributed by atoms with Crippen LogP contribution in [0.25, 0.3) is 32.9 Å². The van der Waals surface area contributed by atoms with E-state index < -0.39 is 0 Å². The highest BCUT2D eigenvalue weighted by atomic mass is 16.3. The van der Waals surface area contributed by atoms with Gasteiger partial charge in [0.1, 0.15) is 0 Å². The van der Waals surface area contributed by atoms with Gasteiger partial charge in [-0.1, -0.05) is 20.9 Å². The molecule has 5 aromatic rings. The van der Waals surface area contributed by atoms with Gasteiger partial charge in [0.15, 0.2) is 34.5 Å². The van der Waals surface area contributed by atoms with Gasteiger partial charge in [0.05, 0.1) is 16.6 Å². The molecule has 0 aliphatic rings. The molecule has 2 heterocycles. The van der Waals surface area contributed by atoms with Gasteiger partial charge < -0.3 is 46.3 Å². The average molecular weight is 510 g/mol. The Hall–Kier alpha value is -4.50. The number of benzene rings is 3. The Morgan fingerprint density at radius 2 is 1.22 bits per heavy atom. The molecule has 9 heteroatoms. The zero-order valence-corrected chi connectivity index (χ0v) is 19.2. The van der Waals surface area contributed by atoms with E-state index in [0.29, 0.717) is 40.5 Å². The van der Waals surface area contributed by atoms with Gasteiger partial charge in [-0.2, -0.15) is 0 Å². The molecule has 0 amide bonds. The van der Waals surface area contributed by atoms with Gasteiger partial charge in [-0.15, -0.1) is 0 Å². The van der Waals surface area contributed by atoms with E-state index in [2.05, 4.69) is 9.97 Å². The third-order valence-electron chi connectivity index (χ3n) is 6.15. The van der Waals surface area contributed by atoms with Crippen LogP contribution < -0.4 is 5.73 Å². The maximum atomic E-state index is 10.6. The smallest absolute Gasteiger partial charge is 0.168 e. The van der Waals surface area contributed by atoms with Gasteiger partial charge in [-0.05, 0) is 56.6 Å². The highest BCUT2D eigenvalue weighted by Crippen LogP contribution is 2.52. The van der Waals surface area contributed by atoms with E-state index >= 15 is 0 Å². The summed E-state index contributed by atoms with van der Waals surface area (Å²) in [5.74, 6) is -1.38. The summed E-state index contributed by atoms with van der Waals surface area (Å²) in [5.41, 5.74) is 9.01. The van der Waals surface area contributed by atoms with Crippen LogP contribution >= 0.6 is 0 Å². The van der Waals surface area contributed by atoms with Gasteiger partial charge in [0.25, 0.3) is 0 Å². The summed E-state index contributed by atoms with van der Waals surface area (Å²) in [6.45, 7) is 3.94. The molecule has 0 fully saturated rings. The van der Waals surface area contributed by atoms with Crippen molar-refractivity contribution >= 4 is 21.8 Å². The second-order valence-corrected chi connectivity index (χ2v) is 8.29. The molecule has 0 saturated heterocycles. The topological polar surface area (TPSA) is 179 Å². The third kappa shape index (κ3) is 4.81. The lowest BCUT2D eigenvalue weighted by molar-refractivity contribution is 0.399. The quantitative estimate of drug-likeness (QED) is 0.141. The monoisotopic (exact) mass is 509 g/mol. The number of aromatic nitrogens is 2. The number of rotatable bonds is 3. The van der Waals surface area contributed by atoms with Crippen LogP contribution in [0.1, 0.15) is 31.5 Å². The van der Waals surface area contributed by atoms with Crippen molar-refractivity contribution in [3.05, 3.63) is 59.4 Å². The number of hydrogen-bond acceptors (Lipinski definition) is 7. The normalized spacial score (nSPS) is 10.5. The first-order valence-electron chi connectivity index (χ1n) is 10.9. The summed E-state index contributed by atoms with van der Waals surface area (Å²) < 4.78 is 0. The SMILES string of the molecule is C.C.Cc1c(O)c(O)c(-c2c(O)c(O)c(C)c3[nH]ccc23)c2[nH]ccc12.NCCc1ccc(O)c(O)c1. The number of fused-ring (bicyclic) bond motifs is 2. The van der Waals surface area contributed by atoms with E-state index in [9.17, 15) is 20.4 Å². The van der Waals surface area contributed by atoms with Crippen LogP contribution in [0.15, 0.2) is 42.7 Å². The van der Waals surface area contributed by atoms with Crippen LogP contribution in [-0.2, 0) is 6.42 Å². The van der Waals surface area contributed by atoms with Gasteiger partial charge in [0.2, 0.25) is 0 Å². The molecule has 10 N–H and O–H groups in total. The van der Waals surface area contributed by atoms with E-state index in [1.165, 1.54) is 12.1 Å². The number of aromatic hydroxyl groups is 6. The Labute approximate surface area is 215 Å². The lowest BCUT2D eigenvalue weighted by atomic mass is 9.93. The summed E-state index contributed by atoms with van der Waals surface area (Å²) in [6.07, 6.45) is 4.10. The molecule has 0 spiro atoms. The van der Waals surface area contributed by atoms with Crippen molar-refractivity contribution in [1.29, 1.82) is 0 Å². The molecular weight excluding hydrogens is 474 g/mol. The average Bonchev–Trinajstić information content (AvgIpc) is 3.51. The summed E-state index contributed by atoms with van der Waals surface area (Å²) in [6, 6.07) is 8.25. The first-order valence-corrected chi connectivity index (χ1v) is 10.9. The largest absolute Gasteiger partial charge is 0.504 e. The van der Waals surface area contributed by atoms with E-state index in [1.54, 1.807) is 44.4 Å². The highest BCUT2D eigenvalue weighted by Gasteiger charge is 2.25. The summed E-state index contributed by atoms with van der Waals surface area (Å²) >= 11 is 0. The Morgan fingerprint density at radius 1 is 0.649 bits per heavy atom. The van der Waals surface area contributed by atoms with Crippen molar-refractivity contribution in [2.75, 3.05) is 6.54 Å². The zero-order valence-electron chi connectivity index (χ0n) is 19.2. The van der Waals surface area contributed by atoms with Crippen molar-refractivity contribution in [1.82, 2.24) is 9.97 Å². The van der Waals surface area contributed by atoms with Crippen molar-refractivity contribution in [3.63, 3.8) is 0 Å². The molecule has 2 aromatic heterocycles. The van der Waals surface area contributed by atoms with Crippen LogP contribution in [0.2, 0.25) is 0 Å². The Kier molecular flexibility index (Phi) is 8.58. The summed E-state index contributed by atoms with van der Waals surface area (Å²) in [5, 5.41) is 61.0. The number of phenolic OH excluding ortho intramolecular Hbond substituents is 6. The second kappa shape index (κ2) is 11.0. The fourth-order valence-electron chi connectivity index (χ4n) is 4.25. The first kappa shape index (κ1) is 28.7. The number of nitrogens with one attached hydrogen (secondary N) is 2. The molecule has 198 valence electrons. The number of hydrogen-bond donors (Lipinski definition) is 9. The van der Waals surface area contributed by atoms with Crippen molar-refractivity contribution in [3.8, 4) is 45.6 Å². The van der Waals surface area contributed by atoms with E-state index in [1.807, 2.05) is 0 Å². The molecule has 0 radical (unpaired) electrons. The number of aryl methyl sites for hydroxylation is 2. The van der Waals surface area contributed by atoms with Crippen LogP contribution in [0, 0.1) is 13.8 Å². The van der Waals surface area contributed by atoms with Crippen LogP contribution in [0.3, 0.4) is 0 Å². The van der Waals surface area contributed by atoms with Crippen LogP contribution in [0.4, 0.5) is 0 Å². The molecule has 0 unspecified atom stereocenters. The predicted molar refractivity (Wildman–Crippen MR) is 148 cm³/mol. The standard InChI is InChI=1S/C18H16N2O4.C8H11NO2.2CH4/c1-7-9-3-5-20-14(9)12(18(24)15(7)21)11-10-4-6-19-13(10)8(2)16(22)17(11)23;9-4-3-6-1-2-7(10)8(11)5-6;;/h3-6,19-24H,1-2H3;1-2,5,10-11H,3-4,9H2;2*1H4. The molecule has 0 saturated carbocycles. The van der Waals surface area contributed by atoms with Gasteiger partial charge >= 0.3 is 0 Å². The predicted octanol–water partition coefficient (Wildman–Crippen LogP) is 5.63. The lowest BCUT2D eigenvalue weighted by Gasteiger charge is -2.16. The van der Waals surface area contributed by atoms with Crippen molar-refractivity contribution < 1.29 is 30.6 Å². The number of phenols is 6. The Bertz CT molecular complexity index is 1460. The Balaban J connectivity index is 0.000000317. The van der Waals surface area contributed by atoms with Gasteiger partial charge in [-0.25, -0.2) is 0 Å². The minimum atomic E-state index is -0.344. The van der Waals surface area contributed by atoms with Crippen molar-refractivity contribution in [2.45, 2.75) is 35.1 Å². The van der Waals surface area contributed by atoms with Gasteiger partial charge in [0, 0.05) is 39.9 Å². The molecule has 0 atom stereocenters. The molecular formula is C28H35N3O6. The fourth-order valence-corrected chi connectivity index (χ4v) is 4.25. The first-order chi connectivity index (χ1) is 16.7. The number of nitrogens with two attached hydrogens (primary N) is 1. The lowest BCUT2D eigenvalue weighted by Crippen LogP contribution is -2.02. The van der Waals surface area contributed by atoms with Gasteiger partial charge in [-0.3, -0.25) is 0 Å². The molecule has 0 bridgehead atoms. The van der Waals surface area contributed by atoms with Crippen LogP contribution in [-0.4, -0.2) is 47.2 Å². The van der Waals surface area contributed by atoms with E-state index in [0.717, 1.165) is 10.9 Å². The highest BCUT2D eigenvalue weighted by molar-refractivity contribution is 6.11. The maximum absolute atomic E-state index is 10.6. The van der Waals surface area contributed by atoms with E-state index in [4.69, 9.17) is 15.9 Å². The molecule has 0 aliphatic heterocycles. The van der Waals surface area contributed by atoms with E-state index in [-0.39, 0.29) is 60.5 Å². The second-order valence-electron chi connectivity index (χ2n) is 8.29.